The van der Waals surface area contributed by atoms with Crippen LogP contribution in [-0.2, 0) is 4.79 Å². The van der Waals surface area contributed by atoms with E-state index < -0.39 is 0 Å². The second-order valence-corrected chi connectivity index (χ2v) is 7.26. The van der Waals surface area contributed by atoms with Crippen LogP contribution in [0.3, 0.4) is 0 Å². The zero-order valence-electron chi connectivity index (χ0n) is 16.0. The molecule has 0 aliphatic heterocycles. The first-order valence-corrected chi connectivity index (χ1v) is 9.76. The van der Waals surface area contributed by atoms with Crippen molar-refractivity contribution in [1.82, 2.24) is 9.88 Å². The summed E-state index contributed by atoms with van der Waals surface area (Å²) in [5, 5.41) is 9.90. The molecule has 0 aliphatic rings. The number of aromatic nitrogens is 1. The van der Waals surface area contributed by atoms with Gasteiger partial charge < -0.3 is 14.4 Å². The molecule has 144 valence electrons. The molecule has 0 aliphatic carbocycles. The molecule has 3 aromatic rings. The molecule has 2 aromatic carbocycles. The van der Waals surface area contributed by atoms with Crippen molar-refractivity contribution >= 4 is 27.5 Å². The number of likely N-dealkylation sites (N-methyl/N-ethyl adjacent to an activating group) is 1. The first kappa shape index (κ1) is 19.6. The summed E-state index contributed by atoms with van der Waals surface area (Å²) in [6.45, 7) is 4.11. The van der Waals surface area contributed by atoms with E-state index in [9.17, 15) is 4.79 Å². The van der Waals surface area contributed by atoms with Gasteiger partial charge in [-0.2, -0.15) is 5.26 Å². The summed E-state index contributed by atoms with van der Waals surface area (Å²) in [5.74, 6) is 0.727. The molecular formula is C21H21N3O3S. The van der Waals surface area contributed by atoms with Crippen LogP contribution in [0.25, 0.3) is 10.2 Å². The fourth-order valence-electron chi connectivity index (χ4n) is 2.66. The number of rotatable bonds is 7. The Morgan fingerprint density at radius 3 is 2.75 bits per heavy atom. The van der Waals surface area contributed by atoms with Crippen LogP contribution in [0, 0.1) is 11.3 Å². The molecule has 0 unspecified atom stereocenters. The van der Waals surface area contributed by atoms with Crippen LogP contribution in [0.2, 0.25) is 0 Å². The molecule has 6 nitrogen and oxygen atoms in total. The summed E-state index contributed by atoms with van der Waals surface area (Å²) >= 11 is 1.58. The quantitative estimate of drug-likeness (QED) is 0.600. The third-order valence-electron chi connectivity index (χ3n) is 4.37. The highest BCUT2D eigenvalue weighted by Crippen LogP contribution is 2.30. The van der Waals surface area contributed by atoms with Crippen LogP contribution in [0.1, 0.15) is 30.5 Å². The molecule has 1 heterocycles. The number of fused-ring (bicyclic) bond motifs is 1. The molecule has 1 amide bonds. The molecule has 0 spiro atoms. The van der Waals surface area contributed by atoms with E-state index in [1.54, 1.807) is 41.5 Å². The van der Waals surface area contributed by atoms with Crippen molar-refractivity contribution < 1.29 is 14.3 Å². The Hall–Kier alpha value is -3.11. The number of benzene rings is 2. The van der Waals surface area contributed by atoms with Gasteiger partial charge in [0.05, 0.1) is 34.5 Å². The van der Waals surface area contributed by atoms with Gasteiger partial charge in [-0.1, -0.05) is 12.1 Å². The minimum atomic E-state index is -0.168. The highest BCUT2D eigenvalue weighted by molar-refractivity contribution is 7.18. The van der Waals surface area contributed by atoms with Crippen molar-refractivity contribution in [2.24, 2.45) is 0 Å². The Labute approximate surface area is 167 Å². The van der Waals surface area contributed by atoms with Crippen molar-refractivity contribution in [1.29, 1.82) is 5.26 Å². The molecule has 0 radical (unpaired) electrons. The molecule has 1 atom stereocenters. The fourth-order valence-corrected chi connectivity index (χ4v) is 3.72. The highest BCUT2D eigenvalue weighted by Gasteiger charge is 2.21. The number of carbonyl (C=O) groups is 1. The maximum atomic E-state index is 12.6. The predicted molar refractivity (Wildman–Crippen MR) is 109 cm³/mol. The molecule has 0 bridgehead atoms. The minimum absolute atomic E-state index is 0.127. The molecule has 0 fully saturated rings. The van der Waals surface area contributed by atoms with Crippen molar-refractivity contribution in [2.75, 3.05) is 20.3 Å². The van der Waals surface area contributed by atoms with E-state index in [1.807, 2.05) is 38.1 Å². The minimum Gasteiger partial charge on any atom is -0.490 e. The monoisotopic (exact) mass is 395 g/mol. The van der Waals surface area contributed by atoms with Gasteiger partial charge in [0, 0.05) is 13.1 Å². The topological polar surface area (TPSA) is 75.5 Å². The molecule has 0 saturated carbocycles. The van der Waals surface area contributed by atoms with E-state index in [0.29, 0.717) is 23.7 Å². The van der Waals surface area contributed by atoms with Crippen LogP contribution in [0.4, 0.5) is 0 Å². The van der Waals surface area contributed by atoms with Gasteiger partial charge in [-0.05, 0) is 38.1 Å². The molecule has 28 heavy (non-hydrogen) atoms. The third kappa shape index (κ3) is 4.24. The highest BCUT2D eigenvalue weighted by atomic mass is 32.1. The van der Waals surface area contributed by atoms with Crippen LogP contribution in [-0.4, -0.2) is 36.1 Å². The number of hydrogen-bond donors (Lipinski definition) is 0. The Balaban J connectivity index is 1.68. The Morgan fingerprint density at radius 1 is 1.25 bits per heavy atom. The maximum absolute atomic E-state index is 12.6. The predicted octanol–water partition coefficient (Wildman–Crippen LogP) is 4.17. The zero-order chi connectivity index (χ0) is 20.1. The van der Waals surface area contributed by atoms with E-state index in [1.165, 1.54) is 0 Å². The second kappa shape index (κ2) is 8.72. The van der Waals surface area contributed by atoms with Gasteiger partial charge in [-0.15, -0.1) is 11.3 Å². The number of para-hydroxylation sites is 1. The summed E-state index contributed by atoms with van der Waals surface area (Å²) in [7, 11) is 1.74. The van der Waals surface area contributed by atoms with Gasteiger partial charge in [0.15, 0.2) is 18.1 Å². The molecule has 0 saturated heterocycles. The average molecular weight is 395 g/mol. The molecule has 7 heteroatoms. The lowest BCUT2D eigenvalue weighted by atomic mass is 10.2. The summed E-state index contributed by atoms with van der Waals surface area (Å²) in [6, 6.07) is 14.7. The average Bonchev–Trinajstić information content (AvgIpc) is 3.15. The summed E-state index contributed by atoms with van der Waals surface area (Å²) in [4.78, 5) is 18.9. The lowest BCUT2D eigenvalue weighted by Crippen LogP contribution is -2.33. The van der Waals surface area contributed by atoms with Crippen LogP contribution >= 0.6 is 11.3 Å². The summed E-state index contributed by atoms with van der Waals surface area (Å²) < 4.78 is 12.3. The summed E-state index contributed by atoms with van der Waals surface area (Å²) in [6.07, 6.45) is 0. The van der Waals surface area contributed by atoms with Crippen LogP contribution in [0.5, 0.6) is 11.5 Å². The normalized spacial score (nSPS) is 11.6. The maximum Gasteiger partial charge on any atom is 0.260 e. The van der Waals surface area contributed by atoms with Crippen molar-refractivity contribution in [3.63, 3.8) is 0 Å². The van der Waals surface area contributed by atoms with Gasteiger partial charge in [0.1, 0.15) is 5.01 Å². The number of carbonyl (C=O) groups excluding carboxylic acids is 1. The van der Waals surface area contributed by atoms with Crippen molar-refractivity contribution in [2.45, 2.75) is 19.9 Å². The number of nitriles is 1. The first-order valence-electron chi connectivity index (χ1n) is 8.94. The number of ether oxygens (including phenoxy) is 2. The van der Waals surface area contributed by atoms with Crippen molar-refractivity contribution in [3.05, 3.63) is 53.0 Å². The van der Waals surface area contributed by atoms with E-state index in [0.717, 1.165) is 15.2 Å². The van der Waals surface area contributed by atoms with Gasteiger partial charge in [-0.3, -0.25) is 4.79 Å². The SMILES string of the molecule is CCOc1cc(C#N)ccc1OCC(=O)N(C)[C@@H](C)c1nc2ccccc2s1. The van der Waals surface area contributed by atoms with E-state index >= 15 is 0 Å². The molecular weight excluding hydrogens is 374 g/mol. The van der Waals surface area contributed by atoms with Gasteiger partial charge in [-0.25, -0.2) is 4.98 Å². The number of nitrogens with zero attached hydrogens (tertiary/aromatic N) is 3. The first-order chi connectivity index (χ1) is 13.5. The fraction of sp³-hybridized carbons (Fsp3) is 0.286. The Morgan fingerprint density at radius 2 is 2.04 bits per heavy atom. The lowest BCUT2D eigenvalue weighted by molar-refractivity contribution is -0.134. The van der Waals surface area contributed by atoms with Crippen LogP contribution in [0.15, 0.2) is 42.5 Å². The molecule has 0 N–H and O–H groups in total. The number of thiazole rings is 1. The molecule has 3 rings (SSSR count). The van der Waals surface area contributed by atoms with E-state index in [4.69, 9.17) is 14.7 Å². The largest absolute Gasteiger partial charge is 0.490 e. The Bertz CT molecular complexity index is 992. The van der Waals surface area contributed by atoms with Crippen LogP contribution < -0.4 is 9.47 Å². The van der Waals surface area contributed by atoms with Gasteiger partial charge in [0.25, 0.3) is 5.91 Å². The number of hydrogen-bond acceptors (Lipinski definition) is 6. The standard InChI is InChI=1S/C21H21N3O3S/c1-4-26-18-11-15(12-22)9-10-17(18)27-13-20(25)24(3)14(2)21-23-16-7-5-6-8-19(16)28-21/h5-11,14H,4,13H2,1-3H3/t14-/m0/s1. The molecule has 1 aromatic heterocycles. The van der Waals surface area contributed by atoms with E-state index in [2.05, 4.69) is 11.1 Å². The second-order valence-electron chi connectivity index (χ2n) is 6.20. The Kier molecular flexibility index (Phi) is 6.12. The van der Waals surface area contributed by atoms with E-state index in [-0.39, 0.29) is 18.6 Å². The third-order valence-corrected chi connectivity index (χ3v) is 5.57. The zero-order valence-corrected chi connectivity index (χ0v) is 16.8. The van der Waals surface area contributed by atoms with Gasteiger partial charge in [0.2, 0.25) is 0 Å². The van der Waals surface area contributed by atoms with Crippen molar-refractivity contribution in [3.8, 4) is 17.6 Å². The van der Waals surface area contributed by atoms with Gasteiger partial charge >= 0.3 is 0 Å². The summed E-state index contributed by atoms with van der Waals surface area (Å²) in [5.41, 5.74) is 1.41. The lowest BCUT2D eigenvalue weighted by Gasteiger charge is -2.23. The smallest absolute Gasteiger partial charge is 0.260 e. The number of amides is 1.